The Hall–Kier alpha value is -4.90. The van der Waals surface area contributed by atoms with Crippen molar-refractivity contribution in [3.8, 4) is 11.8 Å². The summed E-state index contributed by atoms with van der Waals surface area (Å²) in [5.74, 6) is 1.13. The summed E-state index contributed by atoms with van der Waals surface area (Å²) < 4.78 is 7.42. The summed E-state index contributed by atoms with van der Waals surface area (Å²) in [4.78, 5) is 15.8. The van der Waals surface area contributed by atoms with E-state index in [-0.39, 0.29) is 5.69 Å². The monoisotopic (exact) mass is 463 g/mol. The van der Waals surface area contributed by atoms with Gasteiger partial charge in [-0.2, -0.15) is 5.26 Å². The van der Waals surface area contributed by atoms with Crippen LogP contribution in [0, 0.1) is 28.4 Å². The lowest BCUT2D eigenvalue weighted by Gasteiger charge is -2.20. The van der Waals surface area contributed by atoms with Crippen molar-refractivity contribution >= 4 is 33.9 Å². The van der Waals surface area contributed by atoms with Gasteiger partial charge < -0.3 is 10.1 Å². The standard InChI is InChI=1S/C27H21N5O3/c1-17-20(14-18-8-4-3-5-9-18)26(30-23-15-19(32(33)34)12-13-25(23)35-2)31-24-11-7-6-10-22(24)29-27(31)21(17)16-28/h3-13,15,30H,14H2,1-2H3. The molecule has 172 valence electrons. The molecule has 0 bridgehead atoms. The quantitative estimate of drug-likeness (QED) is 0.248. The number of methoxy groups -OCH3 is 1. The van der Waals surface area contributed by atoms with Crippen LogP contribution in [0.25, 0.3) is 16.7 Å². The van der Waals surface area contributed by atoms with E-state index in [1.54, 1.807) is 6.07 Å². The Labute approximate surface area is 201 Å². The lowest BCUT2D eigenvalue weighted by molar-refractivity contribution is -0.384. The summed E-state index contributed by atoms with van der Waals surface area (Å²) in [6.45, 7) is 1.91. The van der Waals surface area contributed by atoms with Gasteiger partial charge in [-0.15, -0.1) is 0 Å². The summed E-state index contributed by atoms with van der Waals surface area (Å²) in [6, 6.07) is 24.4. The van der Waals surface area contributed by atoms with Crippen molar-refractivity contribution in [1.29, 1.82) is 5.26 Å². The number of nitro benzene ring substituents is 1. The smallest absolute Gasteiger partial charge is 0.271 e. The van der Waals surface area contributed by atoms with Gasteiger partial charge in [0, 0.05) is 24.1 Å². The maximum absolute atomic E-state index is 11.5. The molecule has 0 spiro atoms. The van der Waals surface area contributed by atoms with E-state index < -0.39 is 4.92 Å². The third kappa shape index (κ3) is 3.79. The molecule has 0 unspecified atom stereocenters. The zero-order valence-electron chi connectivity index (χ0n) is 19.1. The second-order valence-corrected chi connectivity index (χ2v) is 8.13. The van der Waals surface area contributed by atoms with Crippen LogP contribution >= 0.6 is 0 Å². The van der Waals surface area contributed by atoms with Gasteiger partial charge in [-0.05, 0) is 36.2 Å². The molecule has 5 aromatic rings. The van der Waals surface area contributed by atoms with E-state index in [9.17, 15) is 15.4 Å². The molecule has 1 N–H and O–H groups in total. The number of imidazole rings is 1. The number of aromatic nitrogens is 2. The lowest BCUT2D eigenvalue weighted by Crippen LogP contribution is -2.09. The largest absolute Gasteiger partial charge is 0.495 e. The normalized spacial score (nSPS) is 10.9. The number of benzene rings is 3. The van der Waals surface area contributed by atoms with Crippen molar-refractivity contribution in [1.82, 2.24) is 9.38 Å². The summed E-state index contributed by atoms with van der Waals surface area (Å²) in [5, 5.41) is 25.0. The number of para-hydroxylation sites is 2. The van der Waals surface area contributed by atoms with Crippen LogP contribution in [0.5, 0.6) is 5.75 Å². The maximum atomic E-state index is 11.5. The first-order valence-corrected chi connectivity index (χ1v) is 11.0. The number of non-ortho nitro benzene ring substituents is 1. The Kier molecular flexibility index (Phi) is 5.51. The molecule has 3 aromatic carbocycles. The summed E-state index contributed by atoms with van der Waals surface area (Å²) >= 11 is 0. The molecular weight excluding hydrogens is 442 g/mol. The van der Waals surface area contributed by atoms with Gasteiger partial charge in [-0.25, -0.2) is 4.98 Å². The van der Waals surface area contributed by atoms with Crippen LogP contribution < -0.4 is 10.1 Å². The average molecular weight is 463 g/mol. The minimum Gasteiger partial charge on any atom is -0.495 e. The molecule has 0 aliphatic rings. The Balaban J connectivity index is 1.85. The highest BCUT2D eigenvalue weighted by molar-refractivity contribution is 5.87. The molecule has 0 aliphatic heterocycles. The Morgan fingerprint density at radius 2 is 1.86 bits per heavy atom. The van der Waals surface area contributed by atoms with Crippen LogP contribution in [0.3, 0.4) is 0 Å². The fraction of sp³-hybridized carbons (Fsp3) is 0.111. The van der Waals surface area contributed by atoms with E-state index in [0.717, 1.165) is 27.7 Å². The van der Waals surface area contributed by atoms with Crippen molar-refractivity contribution in [3.05, 3.63) is 105 Å². The lowest BCUT2D eigenvalue weighted by atomic mass is 9.97. The molecule has 0 saturated heterocycles. The zero-order valence-corrected chi connectivity index (χ0v) is 19.1. The van der Waals surface area contributed by atoms with Gasteiger partial charge in [-0.1, -0.05) is 42.5 Å². The van der Waals surface area contributed by atoms with Gasteiger partial charge in [0.05, 0.1) is 34.3 Å². The second-order valence-electron chi connectivity index (χ2n) is 8.13. The first-order valence-electron chi connectivity index (χ1n) is 11.0. The van der Waals surface area contributed by atoms with Crippen LogP contribution in [-0.4, -0.2) is 21.4 Å². The molecule has 0 saturated carbocycles. The SMILES string of the molecule is COc1ccc([N+](=O)[O-])cc1Nc1c(Cc2ccccc2)c(C)c(C#N)c2nc3ccccc3n12. The molecule has 0 radical (unpaired) electrons. The Bertz CT molecular complexity index is 1630. The van der Waals surface area contributed by atoms with Gasteiger partial charge in [-0.3, -0.25) is 14.5 Å². The van der Waals surface area contributed by atoms with Crippen molar-refractivity contribution in [2.45, 2.75) is 13.3 Å². The van der Waals surface area contributed by atoms with E-state index in [4.69, 9.17) is 9.72 Å². The molecule has 8 heteroatoms. The number of nitro groups is 1. The van der Waals surface area contributed by atoms with Gasteiger partial charge in [0.15, 0.2) is 5.65 Å². The minimum atomic E-state index is -0.443. The molecule has 0 aliphatic carbocycles. The van der Waals surface area contributed by atoms with Crippen LogP contribution in [0.2, 0.25) is 0 Å². The third-order valence-electron chi connectivity index (χ3n) is 6.10. The van der Waals surface area contributed by atoms with Crippen LogP contribution in [0.4, 0.5) is 17.2 Å². The topological polar surface area (TPSA) is 105 Å². The van der Waals surface area contributed by atoms with Crippen LogP contribution in [0.1, 0.15) is 22.3 Å². The molecule has 0 fully saturated rings. The van der Waals surface area contributed by atoms with Gasteiger partial charge >= 0.3 is 0 Å². The fourth-order valence-corrected chi connectivity index (χ4v) is 4.37. The van der Waals surface area contributed by atoms with Crippen molar-refractivity contribution < 1.29 is 9.66 Å². The van der Waals surface area contributed by atoms with Crippen molar-refractivity contribution in [2.24, 2.45) is 0 Å². The number of nitrogens with zero attached hydrogens (tertiary/aromatic N) is 4. The predicted octanol–water partition coefficient (Wildman–Crippen LogP) is 5.92. The maximum Gasteiger partial charge on any atom is 0.271 e. The van der Waals surface area contributed by atoms with Crippen molar-refractivity contribution in [2.75, 3.05) is 12.4 Å². The number of pyridine rings is 1. The third-order valence-corrected chi connectivity index (χ3v) is 6.10. The van der Waals surface area contributed by atoms with Gasteiger partial charge in [0.2, 0.25) is 0 Å². The molecule has 8 nitrogen and oxygen atoms in total. The first kappa shape index (κ1) is 21.9. The van der Waals surface area contributed by atoms with Gasteiger partial charge in [0.1, 0.15) is 17.6 Å². The van der Waals surface area contributed by atoms with Crippen molar-refractivity contribution in [3.63, 3.8) is 0 Å². The Morgan fingerprint density at radius 3 is 2.57 bits per heavy atom. The molecule has 0 atom stereocenters. The molecule has 5 rings (SSSR count). The van der Waals surface area contributed by atoms with Crippen LogP contribution in [-0.2, 0) is 6.42 Å². The summed E-state index contributed by atoms with van der Waals surface area (Å²) in [5.41, 5.74) is 5.71. The zero-order chi connectivity index (χ0) is 24.5. The Morgan fingerprint density at radius 1 is 1.11 bits per heavy atom. The van der Waals surface area contributed by atoms with Gasteiger partial charge in [0.25, 0.3) is 5.69 Å². The molecule has 0 amide bonds. The number of hydrogen-bond acceptors (Lipinski definition) is 6. The van der Waals surface area contributed by atoms with Crippen LogP contribution in [0.15, 0.2) is 72.8 Å². The minimum absolute atomic E-state index is 0.0602. The highest BCUT2D eigenvalue weighted by atomic mass is 16.6. The van der Waals surface area contributed by atoms with E-state index in [1.165, 1.54) is 19.2 Å². The summed E-state index contributed by atoms with van der Waals surface area (Å²) in [6.07, 6.45) is 0.545. The fourth-order valence-electron chi connectivity index (χ4n) is 4.37. The first-order chi connectivity index (χ1) is 17.0. The second kappa shape index (κ2) is 8.80. The number of nitriles is 1. The molecular formula is C27H21N5O3. The highest BCUT2D eigenvalue weighted by Gasteiger charge is 2.22. The number of hydrogen-bond donors (Lipinski definition) is 1. The van der Waals surface area contributed by atoms with E-state index in [0.29, 0.717) is 34.9 Å². The average Bonchev–Trinajstić information content (AvgIpc) is 3.26. The van der Waals surface area contributed by atoms with E-state index in [2.05, 4.69) is 11.4 Å². The molecule has 2 aromatic heterocycles. The summed E-state index contributed by atoms with van der Waals surface area (Å²) in [7, 11) is 1.52. The van der Waals surface area contributed by atoms with E-state index >= 15 is 0 Å². The highest BCUT2D eigenvalue weighted by Crippen LogP contribution is 2.37. The predicted molar refractivity (Wildman–Crippen MR) is 134 cm³/mol. The number of nitrogens with one attached hydrogen (secondary N) is 1. The molecule has 35 heavy (non-hydrogen) atoms. The van der Waals surface area contributed by atoms with E-state index in [1.807, 2.05) is 65.9 Å². The number of anilines is 2. The number of ether oxygens (including phenoxy) is 1. The number of fused-ring (bicyclic) bond motifs is 3. The molecule has 2 heterocycles. The number of rotatable bonds is 6.